The van der Waals surface area contributed by atoms with E-state index in [9.17, 15) is 9.59 Å². The van der Waals surface area contributed by atoms with Crippen LogP contribution in [-0.2, 0) is 11.4 Å². The van der Waals surface area contributed by atoms with E-state index in [4.69, 9.17) is 9.26 Å². The van der Waals surface area contributed by atoms with E-state index in [-0.39, 0.29) is 23.8 Å². The van der Waals surface area contributed by atoms with Crippen LogP contribution in [0.5, 0.6) is 5.75 Å². The lowest BCUT2D eigenvalue weighted by atomic mass is 9.49. The summed E-state index contributed by atoms with van der Waals surface area (Å²) >= 11 is 0. The maximum Gasteiger partial charge on any atom is 0.269 e. The van der Waals surface area contributed by atoms with Gasteiger partial charge in [-0.3, -0.25) is 20.4 Å². The fourth-order valence-electron chi connectivity index (χ4n) is 6.34. The highest BCUT2D eigenvalue weighted by molar-refractivity contribution is 5.95. The second-order valence-corrected chi connectivity index (χ2v) is 9.64. The zero-order valence-electron chi connectivity index (χ0n) is 17.7. The Morgan fingerprint density at radius 1 is 1.06 bits per heavy atom. The Kier molecular flexibility index (Phi) is 5.16. The number of aromatic nitrogens is 2. The maximum absolute atomic E-state index is 12.6. The molecule has 4 saturated carbocycles. The van der Waals surface area contributed by atoms with Crippen molar-refractivity contribution in [1.29, 1.82) is 0 Å². The van der Waals surface area contributed by atoms with Crippen molar-refractivity contribution >= 4 is 11.8 Å². The Morgan fingerprint density at radius 2 is 1.71 bits per heavy atom. The minimum absolute atomic E-state index is 0.0920. The number of carbonyl (C=O) groups excluding carboxylic acids is 2. The number of aryl methyl sites for hydroxylation is 1. The van der Waals surface area contributed by atoms with Gasteiger partial charge in [0.25, 0.3) is 5.91 Å². The second kappa shape index (κ2) is 7.98. The Bertz CT molecular complexity index is 933. The van der Waals surface area contributed by atoms with Gasteiger partial charge < -0.3 is 9.26 Å². The number of hydrazine groups is 1. The van der Waals surface area contributed by atoms with Gasteiger partial charge in [0.2, 0.25) is 17.6 Å². The summed E-state index contributed by atoms with van der Waals surface area (Å²) in [6.45, 7) is 1.90. The molecule has 164 valence electrons. The molecule has 4 fully saturated rings. The lowest BCUT2D eigenvalue weighted by Gasteiger charge is -2.56. The fraction of sp³-hybridized carbons (Fsp3) is 0.565. The number of nitrogens with one attached hydrogen (secondary N) is 2. The molecular formula is C23H28N4O4. The first-order valence-electron chi connectivity index (χ1n) is 11.1. The predicted octanol–water partition coefficient (Wildman–Crippen LogP) is 3.32. The van der Waals surface area contributed by atoms with Crippen molar-refractivity contribution in [3.8, 4) is 5.75 Å². The van der Waals surface area contributed by atoms with Crippen molar-refractivity contribution in [1.82, 2.24) is 21.0 Å². The molecule has 1 heterocycles. The molecule has 0 saturated heterocycles. The lowest BCUT2D eigenvalue weighted by molar-refractivity contribution is -0.130. The lowest BCUT2D eigenvalue weighted by Crippen LogP contribution is -2.50. The summed E-state index contributed by atoms with van der Waals surface area (Å²) in [6.07, 6.45) is 8.09. The van der Waals surface area contributed by atoms with Crippen LogP contribution in [0.2, 0.25) is 0 Å². The zero-order valence-corrected chi connectivity index (χ0v) is 17.7. The number of hydrogen-bond donors (Lipinski definition) is 2. The highest BCUT2D eigenvalue weighted by Gasteiger charge is 2.51. The monoisotopic (exact) mass is 424 g/mol. The van der Waals surface area contributed by atoms with Crippen LogP contribution >= 0.6 is 0 Å². The normalized spacial score (nSPS) is 28.4. The highest BCUT2D eigenvalue weighted by Crippen LogP contribution is 2.61. The number of ether oxygens (including phenoxy) is 1. The number of benzene rings is 1. The van der Waals surface area contributed by atoms with Crippen LogP contribution in [0.1, 0.15) is 67.0 Å². The predicted molar refractivity (Wildman–Crippen MR) is 111 cm³/mol. The van der Waals surface area contributed by atoms with Gasteiger partial charge in [0.05, 0.1) is 0 Å². The molecule has 4 bridgehead atoms. The number of carbonyl (C=O) groups is 2. The third kappa shape index (κ3) is 4.43. The smallest absolute Gasteiger partial charge is 0.269 e. The molecule has 2 N–H and O–H groups in total. The van der Waals surface area contributed by atoms with Gasteiger partial charge in [-0.2, -0.15) is 4.98 Å². The summed E-state index contributed by atoms with van der Waals surface area (Å²) in [5.74, 6) is 3.50. The first-order chi connectivity index (χ1) is 15.0. The third-order valence-electron chi connectivity index (χ3n) is 7.07. The summed E-state index contributed by atoms with van der Waals surface area (Å²) in [6, 6.07) is 6.69. The molecule has 0 aliphatic heterocycles. The third-order valence-corrected chi connectivity index (χ3v) is 7.07. The average Bonchev–Trinajstić information content (AvgIpc) is 3.15. The molecule has 8 heteroatoms. The van der Waals surface area contributed by atoms with Gasteiger partial charge in [-0.1, -0.05) is 5.16 Å². The minimum Gasteiger partial charge on any atom is -0.485 e. The van der Waals surface area contributed by atoms with Gasteiger partial charge >= 0.3 is 0 Å². The number of nitrogens with zero attached hydrogens (tertiary/aromatic N) is 2. The maximum atomic E-state index is 12.6. The molecule has 2 aromatic rings. The Labute approximate surface area is 181 Å². The van der Waals surface area contributed by atoms with Crippen LogP contribution in [-0.4, -0.2) is 22.0 Å². The summed E-state index contributed by atoms with van der Waals surface area (Å²) < 4.78 is 10.5. The summed E-state index contributed by atoms with van der Waals surface area (Å²) in [5.41, 5.74) is 5.77. The van der Waals surface area contributed by atoms with E-state index in [0.29, 0.717) is 29.4 Å². The zero-order chi connectivity index (χ0) is 21.4. The van der Waals surface area contributed by atoms with Crippen molar-refractivity contribution in [2.75, 3.05) is 0 Å². The Hall–Kier alpha value is -2.90. The van der Waals surface area contributed by atoms with E-state index in [0.717, 1.165) is 17.8 Å². The molecule has 4 aliphatic rings. The SMILES string of the molecule is Cc1nc(COc2ccc(C(=O)NNC(=O)CC34CC5CC(CC(C5)C3)C4)cc2)no1. The molecule has 1 aromatic heterocycles. The van der Waals surface area contributed by atoms with Crippen LogP contribution < -0.4 is 15.6 Å². The van der Waals surface area contributed by atoms with Crippen molar-refractivity contribution in [2.45, 2.75) is 58.5 Å². The molecule has 6 rings (SSSR count). The summed E-state index contributed by atoms with van der Waals surface area (Å²) in [5, 5.41) is 3.77. The molecule has 2 amide bonds. The topological polar surface area (TPSA) is 106 Å². The Morgan fingerprint density at radius 3 is 2.29 bits per heavy atom. The van der Waals surface area contributed by atoms with Gasteiger partial charge in [0.15, 0.2) is 6.61 Å². The molecule has 0 unspecified atom stereocenters. The van der Waals surface area contributed by atoms with E-state index < -0.39 is 0 Å². The van der Waals surface area contributed by atoms with Gasteiger partial charge in [-0.05, 0) is 86.0 Å². The average molecular weight is 425 g/mol. The first-order valence-corrected chi connectivity index (χ1v) is 11.1. The summed E-state index contributed by atoms with van der Waals surface area (Å²) in [7, 11) is 0. The first kappa shape index (κ1) is 20.0. The molecule has 0 spiro atoms. The largest absolute Gasteiger partial charge is 0.485 e. The van der Waals surface area contributed by atoms with Gasteiger partial charge in [-0.15, -0.1) is 0 Å². The van der Waals surface area contributed by atoms with Gasteiger partial charge in [0, 0.05) is 18.9 Å². The second-order valence-electron chi connectivity index (χ2n) is 9.64. The quantitative estimate of drug-likeness (QED) is 0.689. The highest BCUT2D eigenvalue weighted by atomic mass is 16.5. The molecule has 8 nitrogen and oxygen atoms in total. The molecule has 0 atom stereocenters. The van der Waals surface area contributed by atoms with Crippen LogP contribution in [0.4, 0.5) is 0 Å². The molecule has 31 heavy (non-hydrogen) atoms. The number of rotatable bonds is 6. The van der Waals surface area contributed by atoms with E-state index in [1.165, 1.54) is 38.5 Å². The number of amides is 2. The van der Waals surface area contributed by atoms with Gasteiger partial charge in [-0.25, -0.2) is 0 Å². The van der Waals surface area contributed by atoms with E-state index in [1.54, 1.807) is 31.2 Å². The van der Waals surface area contributed by atoms with Crippen LogP contribution in [0.3, 0.4) is 0 Å². The van der Waals surface area contributed by atoms with Crippen LogP contribution in [0, 0.1) is 30.1 Å². The van der Waals surface area contributed by atoms with Gasteiger partial charge in [0.1, 0.15) is 5.75 Å². The minimum atomic E-state index is -0.348. The van der Waals surface area contributed by atoms with Crippen molar-refractivity contribution in [3.05, 3.63) is 41.5 Å². The van der Waals surface area contributed by atoms with E-state index in [1.807, 2.05) is 0 Å². The van der Waals surface area contributed by atoms with Crippen molar-refractivity contribution in [2.24, 2.45) is 23.2 Å². The number of hydrogen-bond acceptors (Lipinski definition) is 6. The standard InChI is InChI=1S/C23H28N4O4/c1-14-24-20(27-31-14)13-30-19-4-2-18(3-5-19)22(29)26-25-21(28)12-23-9-15-6-16(10-23)8-17(7-15)11-23/h2-5,15-17H,6-13H2,1H3,(H,25,28)(H,26,29). The molecule has 1 aromatic carbocycles. The fourth-order valence-corrected chi connectivity index (χ4v) is 6.34. The van der Waals surface area contributed by atoms with E-state index in [2.05, 4.69) is 21.0 Å². The Balaban J connectivity index is 1.10. The molecule has 0 radical (unpaired) electrons. The van der Waals surface area contributed by atoms with Crippen molar-refractivity contribution in [3.63, 3.8) is 0 Å². The molecular weight excluding hydrogens is 396 g/mol. The summed E-state index contributed by atoms with van der Waals surface area (Å²) in [4.78, 5) is 29.1. The van der Waals surface area contributed by atoms with Crippen LogP contribution in [0.15, 0.2) is 28.8 Å². The van der Waals surface area contributed by atoms with Crippen LogP contribution in [0.25, 0.3) is 0 Å². The van der Waals surface area contributed by atoms with E-state index >= 15 is 0 Å². The van der Waals surface area contributed by atoms with Crippen molar-refractivity contribution < 1.29 is 18.8 Å². The molecule has 4 aliphatic carbocycles.